The van der Waals surface area contributed by atoms with Crippen LogP contribution in [0.2, 0.25) is 0 Å². The SMILES string of the molecule is O=C(O)c1n[nH]nc1-c1cc([N+](=O)[O-])ccc1O. The minimum Gasteiger partial charge on any atom is -0.507 e. The fourth-order valence-corrected chi connectivity index (χ4v) is 1.40. The summed E-state index contributed by atoms with van der Waals surface area (Å²) in [6.45, 7) is 0. The molecule has 0 fully saturated rings. The molecule has 9 heteroatoms. The number of nitrogens with one attached hydrogen (secondary N) is 1. The van der Waals surface area contributed by atoms with E-state index in [1.54, 1.807) is 0 Å². The molecule has 2 aromatic rings. The number of carbonyl (C=O) groups is 1. The van der Waals surface area contributed by atoms with Crippen LogP contribution in [0, 0.1) is 10.1 Å². The van der Waals surface area contributed by atoms with Crippen LogP contribution in [0.1, 0.15) is 10.5 Å². The van der Waals surface area contributed by atoms with Crippen molar-refractivity contribution in [1.29, 1.82) is 0 Å². The number of rotatable bonds is 3. The lowest BCUT2D eigenvalue weighted by Crippen LogP contribution is -1.99. The quantitative estimate of drug-likeness (QED) is 0.539. The first-order valence-electron chi connectivity index (χ1n) is 4.62. The van der Waals surface area contributed by atoms with E-state index in [-0.39, 0.29) is 22.7 Å². The third kappa shape index (κ3) is 1.84. The van der Waals surface area contributed by atoms with Crippen molar-refractivity contribution in [3.63, 3.8) is 0 Å². The van der Waals surface area contributed by atoms with E-state index in [9.17, 15) is 20.0 Å². The van der Waals surface area contributed by atoms with Crippen molar-refractivity contribution in [1.82, 2.24) is 15.4 Å². The number of aromatic nitrogens is 3. The number of aromatic amines is 1. The van der Waals surface area contributed by atoms with Gasteiger partial charge >= 0.3 is 5.97 Å². The lowest BCUT2D eigenvalue weighted by atomic mass is 10.1. The molecular formula is C9H6N4O5. The van der Waals surface area contributed by atoms with Crippen LogP contribution >= 0.6 is 0 Å². The molecule has 0 spiro atoms. The van der Waals surface area contributed by atoms with Crippen LogP contribution in [0.3, 0.4) is 0 Å². The van der Waals surface area contributed by atoms with Gasteiger partial charge in [-0.1, -0.05) is 0 Å². The molecule has 3 N–H and O–H groups in total. The molecule has 0 unspecified atom stereocenters. The number of nitro benzene ring substituents is 1. The van der Waals surface area contributed by atoms with E-state index in [1.807, 2.05) is 0 Å². The van der Waals surface area contributed by atoms with Crippen LogP contribution in [0.5, 0.6) is 5.75 Å². The zero-order valence-electron chi connectivity index (χ0n) is 8.69. The van der Waals surface area contributed by atoms with Crippen molar-refractivity contribution in [2.45, 2.75) is 0 Å². The van der Waals surface area contributed by atoms with Gasteiger partial charge in [0.25, 0.3) is 5.69 Å². The number of hydrogen-bond acceptors (Lipinski definition) is 6. The first-order chi connectivity index (χ1) is 8.50. The average molecular weight is 250 g/mol. The van der Waals surface area contributed by atoms with Gasteiger partial charge in [-0.2, -0.15) is 10.3 Å². The molecule has 1 aromatic carbocycles. The lowest BCUT2D eigenvalue weighted by molar-refractivity contribution is -0.384. The van der Waals surface area contributed by atoms with Crippen molar-refractivity contribution in [2.75, 3.05) is 0 Å². The van der Waals surface area contributed by atoms with Gasteiger partial charge in [0, 0.05) is 12.1 Å². The van der Waals surface area contributed by atoms with Crippen molar-refractivity contribution < 1.29 is 19.9 Å². The number of phenols is 1. The second-order valence-corrected chi connectivity index (χ2v) is 3.28. The fraction of sp³-hybridized carbons (Fsp3) is 0. The summed E-state index contributed by atoms with van der Waals surface area (Å²) in [7, 11) is 0. The number of nitro groups is 1. The van der Waals surface area contributed by atoms with Crippen LogP contribution in [0.4, 0.5) is 5.69 Å². The Kier molecular flexibility index (Phi) is 2.64. The third-order valence-electron chi connectivity index (χ3n) is 2.20. The first kappa shape index (κ1) is 11.5. The normalized spacial score (nSPS) is 10.2. The molecule has 0 amide bonds. The maximum atomic E-state index is 10.8. The Hall–Kier alpha value is -2.97. The molecule has 0 saturated carbocycles. The van der Waals surface area contributed by atoms with Gasteiger partial charge in [0.05, 0.1) is 10.5 Å². The lowest BCUT2D eigenvalue weighted by Gasteiger charge is -2.01. The highest BCUT2D eigenvalue weighted by Gasteiger charge is 2.21. The van der Waals surface area contributed by atoms with Crippen molar-refractivity contribution in [3.05, 3.63) is 34.0 Å². The maximum Gasteiger partial charge on any atom is 0.358 e. The van der Waals surface area contributed by atoms with Gasteiger partial charge in [0.2, 0.25) is 0 Å². The van der Waals surface area contributed by atoms with Gasteiger partial charge in [-0.25, -0.2) is 4.79 Å². The Bertz CT molecular complexity index is 636. The summed E-state index contributed by atoms with van der Waals surface area (Å²) >= 11 is 0. The Morgan fingerprint density at radius 2 is 2.11 bits per heavy atom. The number of carboxylic acids is 1. The van der Waals surface area contributed by atoms with E-state index in [1.165, 1.54) is 0 Å². The van der Waals surface area contributed by atoms with E-state index < -0.39 is 16.6 Å². The molecule has 0 atom stereocenters. The largest absolute Gasteiger partial charge is 0.507 e. The molecule has 0 aliphatic rings. The molecule has 0 aliphatic heterocycles. The van der Waals surface area contributed by atoms with Crippen LogP contribution in [0.15, 0.2) is 18.2 Å². The number of H-pyrrole nitrogens is 1. The van der Waals surface area contributed by atoms with Crippen LogP contribution in [-0.2, 0) is 0 Å². The minimum atomic E-state index is -1.36. The van der Waals surface area contributed by atoms with Crippen molar-refractivity contribution >= 4 is 11.7 Å². The summed E-state index contributed by atoms with van der Waals surface area (Å²) < 4.78 is 0. The molecule has 1 aromatic heterocycles. The van der Waals surface area contributed by atoms with Gasteiger partial charge < -0.3 is 10.2 Å². The summed E-state index contributed by atoms with van der Waals surface area (Å²) in [5.41, 5.74) is -0.952. The number of carboxylic acid groups (broad SMARTS) is 1. The highest BCUT2D eigenvalue weighted by atomic mass is 16.6. The van der Waals surface area contributed by atoms with E-state index in [0.29, 0.717) is 0 Å². The monoisotopic (exact) mass is 250 g/mol. The topological polar surface area (TPSA) is 142 Å². The van der Waals surface area contributed by atoms with Crippen molar-refractivity contribution in [2.24, 2.45) is 0 Å². The van der Waals surface area contributed by atoms with Gasteiger partial charge in [0.15, 0.2) is 5.69 Å². The molecule has 0 aliphatic carbocycles. The average Bonchev–Trinajstić information content (AvgIpc) is 2.78. The van der Waals surface area contributed by atoms with E-state index >= 15 is 0 Å². The van der Waals surface area contributed by atoms with Crippen molar-refractivity contribution in [3.8, 4) is 17.0 Å². The summed E-state index contributed by atoms with van der Waals surface area (Å²) in [5, 5.41) is 38.1. The van der Waals surface area contributed by atoms with Gasteiger partial charge in [-0.05, 0) is 6.07 Å². The summed E-state index contributed by atoms with van der Waals surface area (Å²) in [5.74, 6) is -1.68. The molecule has 92 valence electrons. The van der Waals surface area contributed by atoms with Crippen LogP contribution in [0.25, 0.3) is 11.3 Å². The molecule has 0 saturated heterocycles. The second-order valence-electron chi connectivity index (χ2n) is 3.28. The molecule has 1 heterocycles. The number of nitrogens with zero attached hydrogens (tertiary/aromatic N) is 3. The summed E-state index contributed by atoms with van der Waals surface area (Å²) in [6, 6.07) is 3.22. The number of aromatic hydroxyl groups is 1. The number of phenolic OH excluding ortho intramolecular Hbond substituents is 1. The van der Waals surface area contributed by atoms with Crippen LogP contribution in [-0.4, -0.2) is 36.5 Å². The molecule has 18 heavy (non-hydrogen) atoms. The predicted molar refractivity (Wildman–Crippen MR) is 57.1 cm³/mol. The van der Waals surface area contributed by atoms with Gasteiger partial charge in [-0.15, -0.1) is 5.10 Å². The number of non-ortho nitro benzene ring substituents is 1. The molecule has 0 bridgehead atoms. The maximum absolute atomic E-state index is 10.8. The Morgan fingerprint density at radius 1 is 1.39 bits per heavy atom. The summed E-state index contributed by atoms with van der Waals surface area (Å²) in [6.07, 6.45) is 0. The predicted octanol–water partition coefficient (Wildman–Crippen LogP) is 0.784. The van der Waals surface area contributed by atoms with E-state index in [4.69, 9.17) is 5.11 Å². The zero-order chi connectivity index (χ0) is 13.3. The standard InChI is InChI=1S/C9H6N4O5/c14-6-2-1-4(13(17)18)3-5(6)7-8(9(15)16)11-12-10-7/h1-3,14H,(H,15,16)(H,10,11,12). The van der Waals surface area contributed by atoms with Gasteiger partial charge in [-0.3, -0.25) is 10.1 Å². The number of aromatic carboxylic acids is 1. The highest BCUT2D eigenvalue weighted by molar-refractivity contribution is 5.93. The summed E-state index contributed by atoms with van der Waals surface area (Å²) in [4.78, 5) is 20.8. The zero-order valence-corrected chi connectivity index (χ0v) is 8.69. The van der Waals surface area contributed by atoms with E-state index in [2.05, 4.69) is 15.4 Å². The number of hydrogen-bond donors (Lipinski definition) is 3. The fourth-order valence-electron chi connectivity index (χ4n) is 1.40. The number of benzene rings is 1. The highest BCUT2D eigenvalue weighted by Crippen LogP contribution is 2.32. The molecular weight excluding hydrogens is 244 g/mol. The Labute approximate surface area is 98.8 Å². The molecule has 2 rings (SSSR count). The molecule has 9 nitrogen and oxygen atoms in total. The smallest absolute Gasteiger partial charge is 0.358 e. The van der Waals surface area contributed by atoms with Gasteiger partial charge in [0.1, 0.15) is 11.4 Å². The minimum absolute atomic E-state index is 0.0737. The van der Waals surface area contributed by atoms with Crippen LogP contribution < -0.4 is 0 Å². The molecule has 0 radical (unpaired) electrons. The first-order valence-corrected chi connectivity index (χ1v) is 4.62. The Balaban J connectivity index is 2.63. The Morgan fingerprint density at radius 3 is 2.72 bits per heavy atom. The second kappa shape index (κ2) is 4.13. The van der Waals surface area contributed by atoms with E-state index in [0.717, 1.165) is 18.2 Å². The third-order valence-corrected chi connectivity index (χ3v) is 2.20.